The number of aromatic nitrogens is 2. The van der Waals surface area contributed by atoms with Crippen LogP contribution in [-0.4, -0.2) is 34.2 Å². The van der Waals surface area contributed by atoms with Crippen LogP contribution in [0.15, 0.2) is 48.5 Å². The molecule has 3 aromatic rings. The van der Waals surface area contributed by atoms with Crippen molar-refractivity contribution < 1.29 is 9.53 Å². The number of hydrogen-bond acceptors (Lipinski definition) is 3. The van der Waals surface area contributed by atoms with Gasteiger partial charge in [-0.25, -0.2) is 0 Å². The lowest BCUT2D eigenvalue weighted by Crippen LogP contribution is -2.30. The Hall–Kier alpha value is -3.08. The Labute approximate surface area is 171 Å². The fourth-order valence-corrected chi connectivity index (χ4v) is 3.94. The fraction of sp³-hybridized carbons (Fsp3) is 0.333. The second-order valence-electron chi connectivity index (χ2n) is 7.55. The van der Waals surface area contributed by atoms with Crippen LogP contribution in [0.5, 0.6) is 5.75 Å². The van der Waals surface area contributed by atoms with E-state index in [1.807, 2.05) is 17.0 Å². The van der Waals surface area contributed by atoms with Gasteiger partial charge in [0.2, 0.25) is 0 Å². The Morgan fingerprint density at radius 3 is 2.62 bits per heavy atom. The second-order valence-corrected chi connectivity index (χ2v) is 7.55. The summed E-state index contributed by atoms with van der Waals surface area (Å²) in [6, 6.07) is 16.2. The van der Waals surface area contributed by atoms with E-state index in [1.165, 1.54) is 5.56 Å². The molecular weight excluding hydrogens is 362 g/mol. The lowest BCUT2D eigenvalue weighted by Gasteiger charge is -2.26. The van der Waals surface area contributed by atoms with Crippen molar-refractivity contribution in [2.45, 2.75) is 39.7 Å². The predicted molar refractivity (Wildman–Crippen MR) is 114 cm³/mol. The van der Waals surface area contributed by atoms with Gasteiger partial charge in [-0.05, 0) is 37.5 Å². The molecule has 2 heterocycles. The number of nitrogens with one attached hydrogen (secondary N) is 1. The Kier molecular flexibility index (Phi) is 5.38. The van der Waals surface area contributed by atoms with Crippen molar-refractivity contribution in [1.29, 1.82) is 0 Å². The minimum absolute atomic E-state index is 0.0117. The molecule has 0 saturated heterocycles. The van der Waals surface area contributed by atoms with Gasteiger partial charge in [0.05, 0.1) is 18.3 Å². The first-order valence-electron chi connectivity index (χ1n) is 10.3. The van der Waals surface area contributed by atoms with Crippen LogP contribution in [-0.2, 0) is 0 Å². The summed E-state index contributed by atoms with van der Waals surface area (Å²) in [5.74, 6) is 0.847. The summed E-state index contributed by atoms with van der Waals surface area (Å²) < 4.78 is 5.85. The Balaban J connectivity index is 1.82. The molecule has 0 aliphatic carbocycles. The van der Waals surface area contributed by atoms with E-state index in [2.05, 4.69) is 67.4 Å². The smallest absolute Gasteiger partial charge is 0.273 e. The monoisotopic (exact) mass is 389 g/mol. The van der Waals surface area contributed by atoms with Crippen LogP contribution in [0.3, 0.4) is 0 Å². The van der Waals surface area contributed by atoms with E-state index in [4.69, 9.17) is 4.74 Å². The number of ether oxygens (including phenoxy) is 1. The molecule has 0 spiro atoms. The molecule has 0 bridgehead atoms. The quantitative estimate of drug-likeness (QED) is 0.609. The molecule has 150 valence electrons. The number of carbonyl (C=O) groups excluding carboxylic acids is 1. The van der Waals surface area contributed by atoms with Gasteiger partial charge < -0.3 is 9.64 Å². The molecule has 1 aliphatic rings. The number of amides is 1. The maximum atomic E-state index is 13.1. The average molecular weight is 389 g/mol. The van der Waals surface area contributed by atoms with Crippen LogP contribution < -0.4 is 4.74 Å². The molecule has 0 radical (unpaired) electrons. The number of aromatic amines is 1. The van der Waals surface area contributed by atoms with Gasteiger partial charge in [0.25, 0.3) is 5.91 Å². The molecule has 1 unspecified atom stereocenters. The number of rotatable bonds is 7. The van der Waals surface area contributed by atoms with Crippen molar-refractivity contribution in [3.05, 3.63) is 70.9 Å². The number of aryl methyl sites for hydroxylation is 1. The van der Waals surface area contributed by atoms with Gasteiger partial charge in [0.1, 0.15) is 11.4 Å². The van der Waals surface area contributed by atoms with Gasteiger partial charge in [-0.1, -0.05) is 55.8 Å². The van der Waals surface area contributed by atoms with E-state index in [1.54, 1.807) is 0 Å². The summed E-state index contributed by atoms with van der Waals surface area (Å²) in [5, 5.41) is 7.54. The van der Waals surface area contributed by atoms with Gasteiger partial charge in [-0.3, -0.25) is 9.89 Å². The zero-order valence-electron chi connectivity index (χ0n) is 17.2. The zero-order chi connectivity index (χ0) is 20.4. The molecule has 29 heavy (non-hydrogen) atoms. The summed E-state index contributed by atoms with van der Waals surface area (Å²) in [5.41, 5.74) is 5.66. The molecule has 4 rings (SSSR count). The average Bonchev–Trinajstić information content (AvgIpc) is 3.27. The van der Waals surface area contributed by atoms with Gasteiger partial charge in [0, 0.05) is 17.7 Å². The molecule has 1 amide bonds. The molecule has 0 fully saturated rings. The topological polar surface area (TPSA) is 58.2 Å². The SMILES string of the molecule is CCCOc1cccc(C2c3c(-c4ccc(C)cc4)n[nH]c3C(=O)N2CCC)c1. The van der Waals surface area contributed by atoms with Crippen LogP contribution in [0.4, 0.5) is 0 Å². The van der Waals surface area contributed by atoms with E-state index in [0.717, 1.165) is 41.0 Å². The number of hydrogen-bond donors (Lipinski definition) is 1. The number of fused-ring (bicyclic) bond motifs is 1. The first kappa shape index (κ1) is 19.2. The lowest BCUT2D eigenvalue weighted by atomic mass is 9.95. The third-order valence-corrected chi connectivity index (χ3v) is 5.30. The van der Waals surface area contributed by atoms with Gasteiger partial charge in [-0.2, -0.15) is 5.10 Å². The van der Waals surface area contributed by atoms with Crippen LogP contribution in [0.1, 0.15) is 59.9 Å². The van der Waals surface area contributed by atoms with Crippen molar-refractivity contribution in [1.82, 2.24) is 15.1 Å². The highest BCUT2D eigenvalue weighted by atomic mass is 16.5. The van der Waals surface area contributed by atoms with Crippen LogP contribution >= 0.6 is 0 Å². The molecule has 1 N–H and O–H groups in total. The molecule has 0 saturated carbocycles. The minimum atomic E-state index is -0.169. The van der Waals surface area contributed by atoms with Crippen molar-refractivity contribution in [3.8, 4) is 17.0 Å². The zero-order valence-corrected chi connectivity index (χ0v) is 17.2. The highest BCUT2D eigenvalue weighted by Crippen LogP contribution is 2.43. The Bertz CT molecular complexity index is 1010. The van der Waals surface area contributed by atoms with E-state index in [9.17, 15) is 4.79 Å². The van der Waals surface area contributed by atoms with Crippen LogP contribution in [0.25, 0.3) is 11.3 Å². The van der Waals surface area contributed by atoms with Crippen molar-refractivity contribution in [2.75, 3.05) is 13.2 Å². The third-order valence-electron chi connectivity index (χ3n) is 5.30. The summed E-state index contributed by atoms with van der Waals surface area (Å²) in [4.78, 5) is 15.1. The summed E-state index contributed by atoms with van der Waals surface area (Å²) >= 11 is 0. The molecule has 1 aliphatic heterocycles. The van der Waals surface area contributed by atoms with Gasteiger partial charge >= 0.3 is 0 Å². The maximum absolute atomic E-state index is 13.1. The molecule has 5 heteroatoms. The minimum Gasteiger partial charge on any atom is -0.494 e. The van der Waals surface area contributed by atoms with E-state index >= 15 is 0 Å². The molecule has 1 atom stereocenters. The standard InChI is InChI=1S/C24H27N3O2/c1-4-13-27-23(18-7-6-8-19(15-18)29-14-5-2)20-21(25-26-22(20)24(27)28)17-11-9-16(3)10-12-17/h6-12,15,23H,4-5,13-14H2,1-3H3,(H,25,26). The van der Waals surface area contributed by atoms with Crippen molar-refractivity contribution in [2.24, 2.45) is 0 Å². The van der Waals surface area contributed by atoms with E-state index < -0.39 is 0 Å². The first-order chi connectivity index (χ1) is 14.1. The largest absolute Gasteiger partial charge is 0.494 e. The third kappa shape index (κ3) is 3.53. The van der Waals surface area contributed by atoms with E-state index in [0.29, 0.717) is 18.8 Å². The summed E-state index contributed by atoms with van der Waals surface area (Å²) in [7, 11) is 0. The van der Waals surface area contributed by atoms with Gasteiger partial charge in [0.15, 0.2) is 0 Å². The summed E-state index contributed by atoms with van der Waals surface area (Å²) in [6.45, 7) is 7.62. The van der Waals surface area contributed by atoms with Gasteiger partial charge in [-0.15, -0.1) is 0 Å². The van der Waals surface area contributed by atoms with Crippen molar-refractivity contribution >= 4 is 5.91 Å². The van der Waals surface area contributed by atoms with Crippen LogP contribution in [0, 0.1) is 6.92 Å². The highest BCUT2D eigenvalue weighted by Gasteiger charge is 2.41. The summed E-state index contributed by atoms with van der Waals surface area (Å²) in [6.07, 6.45) is 1.85. The molecule has 5 nitrogen and oxygen atoms in total. The predicted octanol–water partition coefficient (Wildman–Crippen LogP) is 5.13. The maximum Gasteiger partial charge on any atom is 0.273 e. The molecule has 2 aromatic carbocycles. The van der Waals surface area contributed by atoms with E-state index in [-0.39, 0.29) is 11.9 Å². The molecule has 1 aromatic heterocycles. The number of H-pyrrole nitrogens is 1. The second kappa shape index (κ2) is 8.11. The Morgan fingerprint density at radius 2 is 1.90 bits per heavy atom. The normalized spacial score (nSPS) is 15.6. The number of carbonyl (C=O) groups is 1. The fourth-order valence-electron chi connectivity index (χ4n) is 3.94. The first-order valence-corrected chi connectivity index (χ1v) is 10.3. The molecular formula is C24H27N3O2. The number of benzene rings is 2. The number of nitrogens with zero attached hydrogens (tertiary/aromatic N) is 2. The highest BCUT2D eigenvalue weighted by molar-refractivity contribution is 6.00. The lowest BCUT2D eigenvalue weighted by molar-refractivity contribution is 0.0743. The van der Waals surface area contributed by atoms with Crippen molar-refractivity contribution in [3.63, 3.8) is 0 Å². The Morgan fingerprint density at radius 1 is 1.10 bits per heavy atom. The van der Waals surface area contributed by atoms with Crippen LogP contribution in [0.2, 0.25) is 0 Å².